The second-order valence-corrected chi connectivity index (χ2v) is 4.60. The number of aryl methyl sites for hydroxylation is 1. The number of nitrogens with one attached hydrogen (secondary N) is 1. The number of nitrogens with zero attached hydrogens (tertiary/aromatic N) is 1. The molecule has 0 unspecified atom stereocenters. The summed E-state index contributed by atoms with van der Waals surface area (Å²) in [6, 6.07) is 12.8. The van der Waals surface area contributed by atoms with Crippen LogP contribution in [0.2, 0.25) is 0 Å². The molecular weight excluding hydrogens is 252 g/mol. The number of ether oxygens (including phenoxy) is 1. The van der Waals surface area contributed by atoms with Gasteiger partial charge in [0.1, 0.15) is 11.4 Å². The minimum absolute atomic E-state index is 0.0489. The van der Waals surface area contributed by atoms with E-state index < -0.39 is 0 Å². The number of hydrogen-bond acceptors (Lipinski definition) is 3. The molecule has 0 radical (unpaired) electrons. The first-order valence-electron chi connectivity index (χ1n) is 6.33. The second kappa shape index (κ2) is 4.81. The lowest BCUT2D eigenvalue weighted by Gasteiger charge is -2.09. The monoisotopic (exact) mass is 266 g/mol. The predicted molar refractivity (Wildman–Crippen MR) is 79.1 cm³/mol. The zero-order valence-corrected chi connectivity index (χ0v) is 11.3. The van der Waals surface area contributed by atoms with Crippen molar-refractivity contribution in [1.29, 1.82) is 0 Å². The Morgan fingerprint density at radius 1 is 1.15 bits per heavy atom. The summed E-state index contributed by atoms with van der Waals surface area (Å²) in [4.78, 5) is 19.8. The molecule has 20 heavy (non-hydrogen) atoms. The summed E-state index contributed by atoms with van der Waals surface area (Å²) in [7, 11) is 1.61. The van der Waals surface area contributed by atoms with E-state index in [1.807, 2.05) is 37.3 Å². The molecule has 0 bridgehead atoms. The number of rotatable bonds is 2. The molecule has 0 aliphatic rings. The molecule has 0 aliphatic carbocycles. The summed E-state index contributed by atoms with van der Waals surface area (Å²) in [5, 5.41) is 0.592. The Morgan fingerprint density at radius 2 is 1.95 bits per heavy atom. The Balaban J connectivity index is 2.29. The fourth-order valence-electron chi connectivity index (χ4n) is 2.24. The van der Waals surface area contributed by atoms with Gasteiger partial charge in [-0.15, -0.1) is 0 Å². The van der Waals surface area contributed by atoms with Crippen LogP contribution in [-0.4, -0.2) is 17.1 Å². The lowest BCUT2D eigenvalue weighted by Crippen LogP contribution is -2.05. The van der Waals surface area contributed by atoms with Crippen LogP contribution in [0.3, 0.4) is 0 Å². The molecule has 3 aromatic rings. The number of H-pyrrole nitrogens is 1. The number of benzene rings is 1. The number of pyridine rings is 2. The van der Waals surface area contributed by atoms with Gasteiger partial charge in [0, 0.05) is 17.3 Å². The van der Waals surface area contributed by atoms with Crippen molar-refractivity contribution < 1.29 is 4.74 Å². The largest absolute Gasteiger partial charge is 0.496 e. The van der Waals surface area contributed by atoms with Gasteiger partial charge in [0.25, 0.3) is 0 Å². The van der Waals surface area contributed by atoms with Gasteiger partial charge in [-0.2, -0.15) is 0 Å². The Morgan fingerprint density at radius 3 is 2.75 bits per heavy atom. The van der Waals surface area contributed by atoms with Crippen molar-refractivity contribution in [3.8, 4) is 17.0 Å². The highest BCUT2D eigenvalue weighted by Gasteiger charge is 2.09. The Kier molecular flexibility index (Phi) is 2.99. The first kappa shape index (κ1) is 12.4. The molecule has 100 valence electrons. The normalized spacial score (nSPS) is 10.7. The number of methoxy groups -OCH3 is 1. The highest BCUT2D eigenvalue weighted by molar-refractivity contribution is 5.79. The van der Waals surface area contributed by atoms with E-state index in [9.17, 15) is 4.79 Å². The maximum Gasteiger partial charge on any atom is 0.191 e. The van der Waals surface area contributed by atoms with Gasteiger partial charge in [0.15, 0.2) is 5.43 Å². The van der Waals surface area contributed by atoms with Gasteiger partial charge in [0.2, 0.25) is 0 Å². The third kappa shape index (κ3) is 2.05. The van der Waals surface area contributed by atoms with Crippen molar-refractivity contribution in [1.82, 2.24) is 9.97 Å². The number of fused-ring (bicyclic) bond motifs is 1. The zero-order valence-electron chi connectivity index (χ0n) is 11.3. The lowest BCUT2D eigenvalue weighted by atomic mass is 10.1. The summed E-state index contributed by atoms with van der Waals surface area (Å²) in [6.45, 7) is 1.90. The molecule has 2 heterocycles. The van der Waals surface area contributed by atoms with Crippen LogP contribution in [-0.2, 0) is 0 Å². The zero-order chi connectivity index (χ0) is 14.1. The minimum atomic E-state index is -0.0489. The SMILES string of the molecule is COc1ccccc1-c1cc(=O)c2ccc(C)nc2[nH]1. The lowest BCUT2D eigenvalue weighted by molar-refractivity contribution is 0.416. The van der Waals surface area contributed by atoms with Crippen LogP contribution < -0.4 is 10.2 Å². The van der Waals surface area contributed by atoms with Crippen LogP contribution in [0, 0.1) is 6.92 Å². The van der Waals surface area contributed by atoms with Crippen LogP contribution in [0.5, 0.6) is 5.75 Å². The van der Waals surface area contributed by atoms with Crippen molar-refractivity contribution in [3.63, 3.8) is 0 Å². The highest BCUT2D eigenvalue weighted by atomic mass is 16.5. The highest BCUT2D eigenvalue weighted by Crippen LogP contribution is 2.27. The number of aromatic amines is 1. The van der Waals surface area contributed by atoms with Gasteiger partial charge in [-0.3, -0.25) is 4.79 Å². The van der Waals surface area contributed by atoms with Crippen molar-refractivity contribution in [2.45, 2.75) is 6.92 Å². The standard InChI is InChI=1S/C16H14N2O2/c1-10-7-8-12-14(19)9-13(18-16(12)17-10)11-5-3-4-6-15(11)20-2/h3-9H,1-2H3,(H,17,18,19). The van der Waals surface area contributed by atoms with Gasteiger partial charge in [-0.05, 0) is 31.2 Å². The molecule has 2 aromatic heterocycles. The molecule has 0 spiro atoms. The first-order chi connectivity index (χ1) is 9.69. The molecule has 1 N–H and O–H groups in total. The average molecular weight is 266 g/mol. The summed E-state index contributed by atoms with van der Waals surface area (Å²) in [5.41, 5.74) is 2.96. The van der Waals surface area contributed by atoms with Gasteiger partial charge in [0.05, 0.1) is 18.2 Å². The van der Waals surface area contributed by atoms with E-state index in [1.54, 1.807) is 19.2 Å². The summed E-state index contributed by atoms with van der Waals surface area (Å²) in [5.74, 6) is 0.718. The van der Waals surface area contributed by atoms with Crippen molar-refractivity contribution >= 4 is 11.0 Å². The van der Waals surface area contributed by atoms with Gasteiger partial charge in [-0.25, -0.2) is 4.98 Å². The maximum atomic E-state index is 12.2. The van der Waals surface area contributed by atoms with Crippen LogP contribution in [0.4, 0.5) is 0 Å². The smallest absolute Gasteiger partial charge is 0.191 e. The molecule has 0 saturated heterocycles. The Bertz CT molecular complexity index is 837. The van der Waals surface area contributed by atoms with Crippen molar-refractivity contribution in [2.24, 2.45) is 0 Å². The molecule has 0 fully saturated rings. The molecule has 3 rings (SSSR count). The third-order valence-electron chi connectivity index (χ3n) is 3.23. The summed E-state index contributed by atoms with van der Waals surface area (Å²) < 4.78 is 5.33. The minimum Gasteiger partial charge on any atom is -0.496 e. The molecule has 4 heteroatoms. The predicted octanol–water partition coefficient (Wildman–Crippen LogP) is 2.91. The van der Waals surface area contributed by atoms with Crippen LogP contribution >= 0.6 is 0 Å². The first-order valence-corrected chi connectivity index (χ1v) is 6.33. The Hall–Kier alpha value is -2.62. The van der Waals surface area contributed by atoms with E-state index in [2.05, 4.69) is 9.97 Å². The van der Waals surface area contributed by atoms with E-state index in [0.29, 0.717) is 16.7 Å². The van der Waals surface area contributed by atoms with Gasteiger partial charge in [-0.1, -0.05) is 12.1 Å². The fourth-order valence-corrected chi connectivity index (χ4v) is 2.24. The molecule has 1 aromatic carbocycles. The molecule has 0 saturated carbocycles. The topological polar surface area (TPSA) is 55.0 Å². The van der Waals surface area contributed by atoms with E-state index in [1.165, 1.54) is 0 Å². The Labute approximate surface area is 116 Å². The van der Waals surface area contributed by atoms with Crippen molar-refractivity contribution in [2.75, 3.05) is 7.11 Å². The number of hydrogen-bond donors (Lipinski definition) is 1. The summed E-state index contributed by atoms with van der Waals surface area (Å²) in [6.07, 6.45) is 0. The molecule has 0 atom stereocenters. The van der Waals surface area contributed by atoms with Crippen LogP contribution in [0.15, 0.2) is 47.3 Å². The van der Waals surface area contributed by atoms with Gasteiger partial charge >= 0.3 is 0 Å². The van der Waals surface area contributed by atoms with Crippen LogP contribution in [0.25, 0.3) is 22.3 Å². The fraction of sp³-hybridized carbons (Fsp3) is 0.125. The van der Waals surface area contributed by atoms with Crippen LogP contribution in [0.1, 0.15) is 5.69 Å². The molecule has 0 amide bonds. The number of aromatic nitrogens is 2. The van der Waals surface area contributed by atoms with Gasteiger partial charge < -0.3 is 9.72 Å². The molecule has 0 aliphatic heterocycles. The number of para-hydroxylation sites is 1. The average Bonchev–Trinajstić information content (AvgIpc) is 2.46. The van der Waals surface area contributed by atoms with Crippen molar-refractivity contribution in [3.05, 3.63) is 58.4 Å². The van der Waals surface area contributed by atoms with E-state index in [0.717, 1.165) is 17.0 Å². The van der Waals surface area contributed by atoms with E-state index in [-0.39, 0.29) is 5.43 Å². The van der Waals surface area contributed by atoms with E-state index >= 15 is 0 Å². The van der Waals surface area contributed by atoms with E-state index in [4.69, 9.17) is 4.74 Å². The molecular formula is C16H14N2O2. The summed E-state index contributed by atoms with van der Waals surface area (Å²) >= 11 is 0. The maximum absolute atomic E-state index is 12.2. The third-order valence-corrected chi connectivity index (χ3v) is 3.23. The molecule has 4 nitrogen and oxygen atoms in total. The second-order valence-electron chi connectivity index (χ2n) is 4.60. The quantitative estimate of drug-likeness (QED) is 0.776.